The van der Waals surface area contributed by atoms with Gasteiger partial charge in [-0.1, -0.05) is 80.7 Å². The van der Waals surface area contributed by atoms with Gasteiger partial charge in [0.05, 0.1) is 11.4 Å². The number of ether oxygens (including phenoxy) is 1. The van der Waals surface area contributed by atoms with E-state index < -0.39 is 53.2 Å². The van der Waals surface area contributed by atoms with Gasteiger partial charge in [0.1, 0.15) is 24.4 Å². The predicted octanol–water partition coefficient (Wildman–Crippen LogP) is 8.89. The number of alkyl halides is 6. The van der Waals surface area contributed by atoms with Crippen LogP contribution in [0.2, 0.25) is 0 Å². The van der Waals surface area contributed by atoms with Gasteiger partial charge < -0.3 is 4.74 Å². The summed E-state index contributed by atoms with van der Waals surface area (Å²) in [6.07, 6.45) is -10.2. The molecule has 1 fully saturated rings. The molecule has 0 aromatic heterocycles. The number of anilines is 2. The second-order valence-corrected chi connectivity index (χ2v) is 12.0. The minimum Gasteiger partial charge on any atom is -0.446 e. The number of benzene rings is 3. The van der Waals surface area contributed by atoms with Crippen molar-refractivity contribution in [3.05, 3.63) is 93.4 Å². The van der Waals surface area contributed by atoms with Gasteiger partial charge in [-0.25, -0.2) is 9.69 Å². The first kappa shape index (κ1) is 35.2. The van der Waals surface area contributed by atoms with E-state index in [2.05, 4.69) is 47.5 Å². The number of amides is 2. The lowest BCUT2D eigenvalue weighted by molar-refractivity contribution is -0.131. The van der Waals surface area contributed by atoms with Crippen LogP contribution in [0.4, 0.5) is 42.5 Å². The maximum atomic E-state index is 13.6. The molecular weight excluding hydrogens is 776 g/mol. The minimum absolute atomic E-state index is 0.0685. The summed E-state index contributed by atoms with van der Waals surface area (Å²) in [7, 11) is 0. The zero-order valence-corrected chi connectivity index (χ0v) is 27.3. The summed E-state index contributed by atoms with van der Waals surface area (Å²) in [5.74, 6) is -2.09. The molecule has 0 bridgehead atoms. The van der Waals surface area contributed by atoms with E-state index in [1.807, 2.05) is 0 Å². The van der Waals surface area contributed by atoms with Crippen molar-refractivity contribution >= 4 is 77.7 Å². The summed E-state index contributed by atoms with van der Waals surface area (Å²) in [5, 5.41) is 6.33. The first-order valence-electron chi connectivity index (χ1n) is 13.1. The Balaban J connectivity index is 0.000000270. The van der Waals surface area contributed by atoms with Gasteiger partial charge in [-0.05, 0) is 54.1 Å². The lowest BCUT2D eigenvalue weighted by Crippen LogP contribution is -2.50. The molecule has 46 heavy (non-hydrogen) atoms. The Morgan fingerprint density at radius 1 is 0.957 bits per heavy atom. The van der Waals surface area contributed by atoms with Crippen molar-refractivity contribution in [2.45, 2.75) is 31.4 Å². The fraction of sp³-hybridized carbons (Fsp3) is 0.241. The molecule has 17 heteroatoms. The Morgan fingerprint density at radius 3 is 2.07 bits per heavy atom. The van der Waals surface area contributed by atoms with Gasteiger partial charge in [0.25, 0.3) is 5.91 Å². The van der Waals surface area contributed by atoms with Gasteiger partial charge in [-0.3, -0.25) is 15.2 Å². The lowest BCUT2D eigenvalue weighted by Gasteiger charge is -2.30. The van der Waals surface area contributed by atoms with Crippen molar-refractivity contribution in [3.8, 4) is 0 Å². The van der Waals surface area contributed by atoms with Crippen LogP contribution in [0.25, 0.3) is 0 Å². The van der Waals surface area contributed by atoms with Gasteiger partial charge in [0, 0.05) is 14.9 Å². The molecule has 2 aliphatic rings. The second-order valence-electron chi connectivity index (χ2n) is 9.77. The lowest BCUT2D eigenvalue weighted by atomic mass is 9.95. The average Bonchev–Trinajstić information content (AvgIpc) is 3.57. The van der Waals surface area contributed by atoms with Crippen molar-refractivity contribution in [2.75, 3.05) is 17.0 Å². The van der Waals surface area contributed by atoms with Gasteiger partial charge in [0.2, 0.25) is 5.17 Å². The molecule has 3 atom stereocenters. The number of hydrazone groups is 2. The number of halogens is 9. The number of rotatable bonds is 5. The van der Waals surface area contributed by atoms with Crippen molar-refractivity contribution < 1.29 is 40.7 Å². The molecule has 244 valence electrons. The van der Waals surface area contributed by atoms with Crippen molar-refractivity contribution in [3.63, 3.8) is 0 Å². The molecule has 1 saturated heterocycles. The number of nitrogens with zero attached hydrogens (tertiary/aromatic N) is 4. The highest BCUT2D eigenvalue weighted by molar-refractivity contribution is 9.10. The van der Waals surface area contributed by atoms with E-state index in [-0.39, 0.29) is 6.61 Å². The summed E-state index contributed by atoms with van der Waals surface area (Å²) >= 11 is 11.4. The van der Waals surface area contributed by atoms with E-state index in [1.54, 1.807) is 78.9 Å². The number of carbonyl (C=O) groups excluding carboxylic acids is 2. The van der Waals surface area contributed by atoms with E-state index in [1.165, 1.54) is 6.92 Å². The summed E-state index contributed by atoms with van der Waals surface area (Å²) in [6, 6.07) is 19.5. The molecule has 0 aliphatic carbocycles. The fourth-order valence-corrected chi connectivity index (χ4v) is 5.08. The van der Waals surface area contributed by atoms with Gasteiger partial charge in [-0.15, -0.1) is 0 Å². The molecule has 1 N–H and O–H groups in total. The maximum absolute atomic E-state index is 13.6. The van der Waals surface area contributed by atoms with Crippen LogP contribution < -0.4 is 10.4 Å². The molecule has 2 amide bonds. The highest BCUT2D eigenvalue weighted by Crippen LogP contribution is 2.38. The summed E-state index contributed by atoms with van der Waals surface area (Å²) in [6.45, 7) is 1.22. The highest BCUT2D eigenvalue weighted by Gasteiger charge is 2.54. The number of imide groups is 1. The third-order valence-corrected chi connectivity index (χ3v) is 8.03. The third kappa shape index (κ3) is 8.39. The van der Waals surface area contributed by atoms with Crippen molar-refractivity contribution in [1.82, 2.24) is 4.90 Å². The van der Waals surface area contributed by atoms with Crippen LogP contribution in [0.3, 0.4) is 0 Å². The number of cyclic esters (lactones) is 1. The van der Waals surface area contributed by atoms with Crippen molar-refractivity contribution in [2.24, 2.45) is 16.1 Å². The number of hydrogen-bond acceptors (Lipinski definition) is 7. The number of carbonyl (C=O) groups is 2. The minimum atomic E-state index is -4.72. The van der Waals surface area contributed by atoms with E-state index >= 15 is 0 Å². The van der Waals surface area contributed by atoms with Crippen LogP contribution in [0.5, 0.6) is 0 Å². The molecule has 3 aromatic rings. The smallest absolute Gasteiger partial charge is 0.446 e. The molecule has 2 aliphatic heterocycles. The van der Waals surface area contributed by atoms with E-state index in [4.69, 9.17) is 16.3 Å². The van der Waals surface area contributed by atoms with Crippen LogP contribution in [-0.2, 0) is 9.53 Å². The van der Waals surface area contributed by atoms with Crippen LogP contribution in [-0.4, -0.2) is 52.8 Å². The summed E-state index contributed by atoms with van der Waals surface area (Å²) < 4.78 is 83.2. The summed E-state index contributed by atoms with van der Waals surface area (Å²) in [5.41, 5.74) is 2.49. The maximum Gasteiger partial charge on any atom is 0.446 e. The van der Waals surface area contributed by atoms with Crippen LogP contribution in [0.15, 0.2) is 98.0 Å². The Kier molecular flexibility index (Phi) is 11.0. The molecule has 0 saturated carbocycles. The van der Waals surface area contributed by atoms with E-state index in [0.29, 0.717) is 16.9 Å². The molecule has 3 aromatic carbocycles. The standard InChI is InChI=1S/C21H17BrF3N3O3.C8H5BrClF3N2/c1-12-17(19(29)27-16(11-31-20(27)30)13-5-3-2-4-6-13)28(26-18(12)21(23,24)25)15-9-7-14(22)8-10-15;9-5-1-3-6(4-2-5)14-15-7(10)8(11,12)13/h2-10,12,16-17H,11H2,1H3;1-4,14H/b;15-7+/t12-,16+,17+;/m0./s1. The Labute approximate surface area is 280 Å². The van der Waals surface area contributed by atoms with Crippen molar-refractivity contribution in [1.29, 1.82) is 0 Å². The quantitative estimate of drug-likeness (QED) is 0.159. The van der Waals surface area contributed by atoms with E-state index in [9.17, 15) is 35.9 Å². The number of hydrogen-bond donors (Lipinski definition) is 1. The normalized spacial score (nSPS) is 20.1. The Hall–Kier alpha value is -3.63. The SMILES string of the molecule is C[C@@H]1C(C(F)(F)F)=NN(c2ccc(Br)cc2)[C@H]1C(=O)N1C(=O)OC[C@@H]1c1ccccc1.FC(F)(F)/C(Cl)=N\Nc1ccc(Br)cc1. The second kappa shape index (κ2) is 14.4. The molecule has 0 unspecified atom stereocenters. The summed E-state index contributed by atoms with van der Waals surface area (Å²) in [4.78, 5) is 26.8. The molecule has 0 radical (unpaired) electrons. The molecule has 5 rings (SSSR count). The third-order valence-electron chi connectivity index (χ3n) is 6.67. The van der Waals surface area contributed by atoms with Crippen LogP contribution in [0, 0.1) is 5.92 Å². The molecule has 2 heterocycles. The van der Waals surface area contributed by atoms with Crippen LogP contribution in [0.1, 0.15) is 18.5 Å². The topological polar surface area (TPSA) is 86.6 Å². The first-order valence-corrected chi connectivity index (χ1v) is 15.1. The highest BCUT2D eigenvalue weighted by atomic mass is 79.9. The Bertz CT molecular complexity index is 1610. The zero-order valence-electron chi connectivity index (χ0n) is 23.4. The largest absolute Gasteiger partial charge is 0.446 e. The molecule has 0 spiro atoms. The number of nitrogens with one attached hydrogen (secondary N) is 1. The average molecular weight is 798 g/mol. The first-order chi connectivity index (χ1) is 21.6. The molecule has 8 nitrogen and oxygen atoms in total. The fourth-order valence-electron chi connectivity index (χ4n) is 4.51. The predicted molar refractivity (Wildman–Crippen MR) is 168 cm³/mol. The van der Waals surface area contributed by atoms with E-state index in [0.717, 1.165) is 18.9 Å². The van der Waals surface area contributed by atoms with Crippen LogP contribution >= 0.6 is 43.5 Å². The zero-order chi connectivity index (χ0) is 33.8. The monoisotopic (exact) mass is 795 g/mol. The molecular formula is C29H22Br2ClF6N5O3. The van der Waals surface area contributed by atoms with Gasteiger partial charge >= 0.3 is 18.4 Å². The van der Waals surface area contributed by atoms with Gasteiger partial charge in [0.15, 0.2) is 0 Å². The Morgan fingerprint density at radius 2 is 1.52 bits per heavy atom. The van der Waals surface area contributed by atoms with Gasteiger partial charge in [-0.2, -0.15) is 36.5 Å².